The minimum absolute atomic E-state index is 0.0588. The monoisotopic (exact) mass is 371 g/mol. The average molecular weight is 372 g/mol. The number of thioether (sulfide) groups is 1. The number of unbranched alkanes of at least 4 members (excludes halogenated alkanes) is 2. The molecule has 25 heavy (non-hydrogen) atoms. The fraction of sp³-hybridized carbons (Fsp3) is 0.812. The van der Waals surface area contributed by atoms with Gasteiger partial charge in [-0.15, -0.1) is 0 Å². The zero-order valence-corrected chi connectivity index (χ0v) is 15.3. The molecule has 2 fully saturated rings. The van der Waals surface area contributed by atoms with E-state index in [0.717, 1.165) is 37.9 Å². The van der Waals surface area contributed by atoms with Crippen molar-refractivity contribution < 1.29 is 14.4 Å². The summed E-state index contributed by atoms with van der Waals surface area (Å²) in [6.07, 6.45) is 5.50. The Labute approximate surface area is 152 Å². The zero-order chi connectivity index (χ0) is 18.2. The van der Waals surface area contributed by atoms with E-state index < -0.39 is 11.9 Å². The molecule has 0 aromatic carbocycles. The van der Waals surface area contributed by atoms with Gasteiger partial charge in [0.25, 0.3) is 0 Å². The number of carbonyl (C=O) groups is 3. The smallest absolute Gasteiger partial charge is 0.315 e. The van der Waals surface area contributed by atoms with Crippen LogP contribution in [0.3, 0.4) is 0 Å². The van der Waals surface area contributed by atoms with Crippen LogP contribution in [0.25, 0.3) is 0 Å². The Hall–Kier alpha value is -1.48. The predicted molar refractivity (Wildman–Crippen MR) is 98.0 cm³/mol. The van der Waals surface area contributed by atoms with Crippen LogP contribution in [-0.2, 0) is 9.59 Å². The van der Waals surface area contributed by atoms with Crippen LogP contribution in [0.15, 0.2) is 0 Å². The van der Waals surface area contributed by atoms with Crippen molar-refractivity contribution in [3.05, 3.63) is 0 Å². The van der Waals surface area contributed by atoms with E-state index >= 15 is 0 Å². The van der Waals surface area contributed by atoms with Gasteiger partial charge in [-0.1, -0.05) is 6.42 Å². The first-order valence-corrected chi connectivity index (χ1v) is 10.0. The highest BCUT2D eigenvalue weighted by atomic mass is 32.2. The molecule has 2 heterocycles. The number of carbonyl (C=O) groups excluding carboxylic acids is 3. The molecule has 0 unspecified atom stereocenters. The van der Waals surface area contributed by atoms with Crippen LogP contribution in [0, 0.1) is 0 Å². The van der Waals surface area contributed by atoms with Crippen molar-refractivity contribution in [2.75, 3.05) is 12.3 Å². The second-order valence-corrected chi connectivity index (χ2v) is 7.99. The van der Waals surface area contributed by atoms with Crippen molar-refractivity contribution in [1.29, 1.82) is 0 Å². The van der Waals surface area contributed by atoms with Crippen LogP contribution in [0.5, 0.6) is 0 Å². The second kappa shape index (κ2) is 9.86. The highest BCUT2D eigenvalue weighted by molar-refractivity contribution is 8.00. The second-order valence-electron chi connectivity index (χ2n) is 6.72. The van der Waals surface area contributed by atoms with Gasteiger partial charge >= 0.3 is 6.03 Å². The van der Waals surface area contributed by atoms with Gasteiger partial charge in [-0.3, -0.25) is 9.59 Å². The van der Waals surface area contributed by atoms with Crippen molar-refractivity contribution in [2.24, 2.45) is 11.5 Å². The predicted octanol–water partition coefficient (Wildman–Crippen LogP) is -0.189. The summed E-state index contributed by atoms with van der Waals surface area (Å²) in [5.74, 6) is 0.546. The molecule has 0 aliphatic carbocycles. The maximum atomic E-state index is 11.8. The lowest BCUT2D eigenvalue weighted by Gasteiger charge is -2.16. The van der Waals surface area contributed by atoms with Gasteiger partial charge in [0.1, 0.15) is 0 Å². The number of primary amides is 1. The minimum atomic E-state index is -0.594. The van der Waals surface area contributed by atoms with Gasteiger partial charge in [-0.2, -0.15) is 11.8 Å². The van der Waals surface area contributed by atoms with Crippen LogP contribution >= 0.6 is 11.8 Å². The van der Waals surface area contributed by atoms with Gasteiger partial charge in [-0.25, -0.2) is 4.79 Å². The molecular formula is C16H29N5O3S. The number of urea groups is 1. The topological polar surface area (TPSA) is 139 Å². The number of hydrogen-bond donors (Lipinski definition) is 5. The molecule has 7 N–H and O–H groups in total. The molecule has 0 radical (unpaired) electrons. The molecule has 9 heteroatoms. The Morgan fingerprint density at radius 3 is 2.80 bits per heavy atom. The van der Waals surface area contributed by atoms with Crippen LogP contribution in [0.2, 0.25) is 0 Å². The first kappa shape index (κ1) is 19.8. The number of nitrogens with one attached hydrogen (secondary N) is 3. The van der Waals surface area contributed by atoms with Crippen molar-refractivity contribution in [3.63, 3.8) is 0 Å². The molecule has 4 amide bonds. The van der Waals surface area contributed by atoms with Gasteiger partial charge in [0.2, 0.25) is 11.8 Å². The third-order valence-electron chi connectivity index (χ3n) is 4.71. The number of hydrogen-bond acceptors (Lipinski definition) is 5. The lowest BCUT2D eigenvalue weighted by atomic mass is 10.0. The SMILES string of the molecule is NC(=O)[C@@H](N)CCCCNC(=O)CCCC[C@@H]1SC[C@@H]2NC(=O)N[C@@H]21. The Morgan fingerprint density at radius 1 is 1.24 bits per heavy atom. The largest absolute Gasteiger partial charge is 0.368 e. The van der Waals surface area contributed by atoms with E-state index in [0.29, 0.717) is 24.6 Å². The summed E-state index contributed by atoms with van der Waals surface area (Å²) in [7, 11) is 0. The molecule has 142 valence electrons. The fourth-order valence-corrected chi connectivity index (χ4v) is 4.77. The Balaban J connectivity index is 1.46. The van der Waals surface area contributed by atoms with E-state index in [-0.39, 0.29) is 24.0 Å². The van der Waals surface area contributed by atoms with Gasteiger partial charge in [0, 0.05) is 24.0 Å². The maximum Gasteiger partial charge on any atom is 0.315 e. The summed E-state index contributed by atoms with van der Waals surface area (Å²) >= 11 is 1.90. The molecule has 2 rings (SSSR count). The van der Waals surface area contributed by atoms with Crippen molar-refractivity contribution in [1.82, 2.24) is 16.0 Å². The molecule has 0 spiro atoms. The zero-order valence-electron chi connectivity index (χ0n) is 14.5. The van der Waals surface area contributed by atoms with E-state index in [2.05, 4.69) is 16.0 Å². The third-order valence-corrected chi connectivity index (χ3v) is 6.22. The molecule has 8 nitrogen and oxygen atoms in total. The summed E-state index contributed by atoms with van der Waals surface area (Å²) in [5.41, 5.74) is 10.6. The Bertz CT molecular complexity index is 490. The normalized spacial score (nSPS) is 25.8. The first-order valence-electron chi connectivity index (χ1n) is 8.97. The Morgan fingerprint density at radius 2 is 2.04 bits per heavy atom. The standard InChI is InChI=1S/C16H29N5O3S/c17-10(15(18)23)5-3-4-8-19-13(22)7-2-1-6-12-14-11(9-25-12)20-16(24)21-14/h10-12,14H,1-9,17H2,(H2,18,23)(H,19,22)(H2,20,21,24)/t10-,11-,12-,14-/m0/s1. The molecule has 2 saturated heterocycles. The first-order chi connectivity index (χ1) is 12.0. The molecule has 2 aliphatic rings. The number of rotatable bonds is 11. The highest BCUT2D eigenvalue weighted by Gasteiger charge is 2.42. The summed E-state index contributed by atoms with van der Waals surface area (Å²) in [6, 6.07) is -0.161. The minimum Gasteiger partial charge on any atom is -0.368 e. The molecule has 4 atom stereocenters. The molecule has 0 aromatic heterocycles. The van der Waals surface area contributed by atoms with E-state index in [1.165, 1.54) is 0 Å². The third kappa shape index (κ3) is 6.39. The number of fused-ring (bicyclic) bond motifs is 1. The van der Waals surface area contributed by atoms with Crippen LogP contribution in [0.4, 0.5) is 4.79 Å². The molecule has 0 saturated carbocycles. The molecule has 2 aliphatic heterocycles. The number of nitrogens with two attached hydrogens (primary N) is 2. The van der Waals surface area contributed by atoms with Gasteiger partial charge in [0.05, 0.1) is 18.1 Å². The summed E-state index contributed by atoms with van der Waals surface area (Å²) in [5, 5.41) is 9.25. The van der Waals surface area contributed by atoms with E-state index in [1.54, 1.807) is 0 Å². The maximum absolute atomic E-state index is 11.8. The Kier molecular flexibility index (Phi) is 7.83. The lowest BCUT2D eigenvalue weighted by molar-refractivity contribution is -0.121. The summed E-state index contributed by atoms with van der Waals surface area (Å²) in [6.45, 7) is 0.601. The fourth-order valence-electron chi connectivity index (χ4n) is 3.22. The van der Waals surface area contributed by atoms with Crippen LogP contribution in [-0.4, -0.2) is 53.5 Å². The summed E-state index contributed by atoms with van der Waals surface area (Å²) in [4.78, 5) is 33.9. The van der Waals surface area contributed by atoms with Crippen LogP contribution < -0.4 is 27.4 Å². The summed E-state index contributed by atoms with van der Waals surface area (Å²) < 4.78 is 0. The molecule has 0 bridgehead atoms. The van der Waals surface area contributed by atoms with Crippen molar-refractivity contribution >= 4 is 29.6 Å². The van der Waals surface area contributed by atoms with E-state index in [1.807, 2.05) is 11.8 Å². The van der Waals surface area contributed by atoms with Gasteiger partial charge < -0.3 is 27.4 Å². The highest BCUT2D eigenvalue weighted by Crippen LogP contribution is 2.33. The van der Waals surface area contributed by atoms with E-state index in [9.17, 15) is 14.4 Å². The molecular weight excluding hydrogens is 342 g/mol. The van der Waals surface area contributed by atoms with Crippen molar-refractivity contribution in [3.8, 4) is 0 Å². The van der Waals surface area contributed by atoms with Crippen LogP contribution in [0.1, 0.15) is 44.9 Å². The van der Waals surface area contributed by atoms with E-state index in [4.69, 9.17) is 11.5 Å². The number of amides is 4. The quantitative estimate of drug-likeness (QED) is 0.253. The average Bonchev–Trinajstić information content (AvgIpc) is 3.10. The van der Waals surface area contributed by atoms with Gasteiger partial charge in [-0.05, 0) is 32.1 Å². The molecule has 0 aromatic rings. The van der Waals surface area contributed by atoms with Gasteiger partial charge in [0.15, 0.2) is 0 Å². The van der Waals surface area contributed by atoms with Crippen molar-refractivity contribution in [2.45, 2.75) is 68.3 Å². The lowest BCUT2D eigenvalue weighted by Crippen LogP contribution is -2.36.